The second-order valence-electron chi connectivity index (χ2n) is 5.25. The molecular formula is C16H21N3O. The molecule has 2 rings (SSSR count). The highest BCUT2D eigenvalue weighted by molar-refractivity contribution is 6.05. The zero-order valence-corrected chi connectivity index (χ0v) is 12.3. The molecule has 1 aromatic heterocycles. The van der Waals surface area contributed by atoms with Crippen molar-refractivity contribution in [2.75, 3.05) is 27.2 Å². The van der Waals surface area contributed by atoms with E-state index in [4.69, 9.17) is 0 Å². The summed E-state index contributed by atoms with van der Waals surface area (Å²) in [7, 11) is 4.05. The van der Waals surface area contributed by atoms with Crippen LogP contribution in [-0.4, -0.2) is 43.0 Å². The summed E-state index contributed by atoms with van der Waals surface area (Å²) >= 11 is 0. The highest BCUT2D eigenvalue weighted by Crippen LogP contribution is 2.18. The lowest BCUT2D eigenvalue weighted by Gasteiger charge is -2.11. The number of carbonyl (C=O) groups is 1. The fourth-order valence-corrected chi connectivity index (χ4v) is 2.19. The first-order valence-electron chi connectivity index (χ1n) is 6.87. The van der Waals surface area contributed by atoms with Crippen LogP contribution in [0.25, 0.3) is 10.8 Å². The SMILES string of the molecule is Cc1cc2ccccc2c(C(=O)NCCCN(C)C)n1. The van der Waals surface area contributed by atoms with E-state index in [9.17, 15) is 4.79 Å². The van der Waals surface area contributed by atoms with E-state index in [0.29, 0.717) is 12.2 Å². The third-order valence-electron chi connectivity index (χ3n) is 3.15. The van der Waals surface area contributed by atoms with Crippen LogP contribution in [0.4, 0.5) is 0 Å². The first-order valence-corrected chi connectivity index (χ1v) is 6.87. The molecule has 1 aromatic carbocycles. The van der Waals surface area contributed by atoms with Gasteiger partial charge in [-0.05, 0) is 45.4 Å². The molecule has 0 aliphatic rings. The summed E-state index contributed by atoms with van der Waals surface area (Å²) in [5.41, 5.74) is 1.38. The smallest absolute Gasteiger partial charge is 0.270 e. The molecule has 0 aliphatic heterocycles. The second-order valence-corrected chi connectivity index (χ2v) is 5.25. The first kappa shape index (κ1) is 14.5. The molecule has 0 unspecified atom stereocenters. The van der Waals surface area contributed by atoms with Crippen molar-refractivity contribution in [2.24, 2.45) is 0 Å². The molecule has 0 saturated heterocycles. The molecule has 0 radical (unpaired) electrons. The lowest BCUT2D eigenvalue weighted by Crippen LogP contribution is -2.28. The maximum absolute atomic E-state index is 12.3. The van der Waals surface area contributed by atoms with Crippen LogP contribution in [-0.2, 0) is 0 Å². The molecule has 0 spiro atoms. The Balaban J connectivity index is 2.13. The van der Waals surface area contributed by atoms with Gasteiger partial charge in [-0.25, -0.2) is 4.98 Å². The van der Waals surface area contributed by atoms with E-state index in [-0.39, 0.29) is 5.91 Å². The molecule has 0 aliphatic carbocycles. The predicted molar refractivity (Wildman–Crippen MR) is 82.0 cm³/mol. The van der Waals surface area contributed by atoms with Crippen molar-refractivity contribution in [3.63, 3.8) is 0 Å². The van der Waals surface area contributed by atoms with Gasteiger partial charge in [-0.15, -0.1) is 0 Å². The Morgan fingerprint density at radius 1 is 1.30 bits per heavy atom. The summed E-state index contributed by atoms with van der Waals surface area (Å²) in [6, 6.07) is 9.85. The van der Waals surface area contributed by atoms with Gasteiger partial charge in [0.25, 0.3) is 5.91 Å². The predicted octanol–water partition coefficient (Wildman–Crippen LogP) is 2.22. The number of carbonyl (C=O) groups excluding carboxylic acids is 1. The molecular weight excluding hydrogens is 250 g/mol. The zero-order valence-electron chi connectivity index (χ0n) is 12.3. The lowest BCUT2D eigenvalue weighted by atomic mass is 10.1. The van der Waals surface area contributed by atoms with E-state index in [1.807, 2.05) is 51.4 Å². The molecule has 20 heavy (non-hydrogen) atoms. The van der Waals surface area contributed by atoms with E-state index in [1.165, 1.54) is 0 Å². The van der Waals surface area contributed by atoms with Gasteiger partial charge in [-0.1, -0.05) is 24.3 Å². The van der Waals surface area contributed by atoms with Crippen molar-refractivity contribution in [1.29, 1.82) is 0 Å². The van der Waals surface area contributed by atoms with Crippen LogP contribution in [0.2, 0.25) is 0 Å². The number of nitrogens with one attached hydrogen (secondary N) is 1. The Morgan fingerprint density at radius 3 is 2.80 bits per heavy atom. The van der Waals surface area contributed by atoms with E-state index < -0.39 is 0 Å². The Kier molecular flexibility index (Phi) is 4.69. The van der Waals surface area contributed by atoms with Crippen molar-refractivity contribution in [2.45, 2.75) is 13.3 Å². The van der Waals surface area contributed by atoms with Crippen LogP contribution in [0.1, 0.15) is 22.6 Å². The number of rotatable bonds is 5. The van der Waals surface area contributed by atoms with Gasteiger partial charge >= 0.3 is 0 Å². The molecule has 0 saturated carbocycles. The number of amides is 1. The van der Waals surface area contributed by atoms with Gasteiger partial charge in [0, 0.05) is 17.6 Å². The summed E-state index contributed by atoms with van der Waals surface area (Å²) in [4.78, 5) is 18.8. The Bertz CT molecular complexity index is 608. The van der Waals surface area contributed by atoms with Crippen molar-refractivity contribution in [3.05, 3.63) is 41.7 Å². The normalized spacial score (nSPS) is 11.0. The van der Waals surface area contributed by atoms with Crippen LogP contribution in [0, 0.1) is 6.92 Å². The van der Waals surface area contributed by atoms with Gasteiger partial charge in [0.2, 0.25) is 0 Å². The molecule has 4 heteroatoms. The third-order valence-corrected chi connectivity index (χ3v) is 3.15. The zero-order chi connectivity index (χ0) is 14.5. The molecule has 1 amide bonds. The van der Waals surface area contributed by atoms with Gasteiger partial charge < -0.3 is 10.2 Å². The molecule has 4 nitrogen and oxygen atoms in total. The molecule has 0 fully saturated rings. The second kappa shape index (κ2) is 6.48. The van der Waals surface area contributed by atoms with E-state index in [1.54, 1.807) is 0 Å². The van der Waals surface area contributed by atoms with Gasteiger partial charge in [0.15, 0.2) is 0 Å². The van der Waals surface area contributed by atoms with Gasteiger partial charge in [-0.3, -0.25) is 4.79 Å². The monoisotopic (exact) mass is 271 g/mol. The number of aryl methyl sites for hydroxylation is 1. The molecule has 2 aromatic rings. The largest absolute Gasteiger partial charge is 0.351 e. The average Bonchev–Trinajstić information content (AvgIpc) is 2.42. The van der Waals surface area contributed by atoms with Crippen molar-refractivity contribution in [3.8, 4) is 0 Å². The van der Waals surface area contributed by atoms with E-state index >= 15 is 0 Å². The quantitative estimate of drug-likeness (QED) is 0.848. The van der Waals surface area contributed by atoms with Crippen LogP contribution < -0.4 is 5.32 Å². The maximum atomic E-state index is 12.3. The third kappa shape index (κ3) is 3.54. The number of pyridine rings is 1. The van der Waals surface area contributed by atoms with Crippen molar-refractivity contribution >= 4 is 16.7 Å². The molecule has 0 atom stereocenters. The van der Waals surface area contributed by atoms with Crippen molar-refractivity contribution in [1.82, 2.24) is 15.2 Å². The summed E-state index contributed by atoms with van der Waals surface area (Å²) < 4.78 is 0. The maximum Gasteiger partial charge on any atom is 0.270 e. The number of benzene rings is 1. The molecule has 106 valence electrons. The minimum atomic E-state index is -0.0938. The number of hydrogen-bond acceptors (Lipinski definition) is 3. The van der Waals surface area contributed by atoms with Gasteiger partial charge in [-0.2, -0.15) is 0 Å². The van der Waals surface area contributed by atoms with E-state index in [2.05, 4.69) is 15.2 Å². The van der Waals surface area contributed by atoms with Crippen molar-refractivity contribution < 1.29 is 4.79 Å². The Hall–Kier alpha value is -1.94. The topological polar surface area (TPSA) is 45.2 Å². The summed E-state index contributed by atoms with van der Waals surface area (Å²) in [5, 5.41) is 4.91. The van der Waals surface area contributed by atoms with Gasteiger partial charge in [0.05, 0.1) is 0 Å². The van der Waals surface area contributed by atoms with Gasteiger partial charge in [0.1, 0.15) is 5.69 Å². The molecule has 0 bridgehead atoms. The average molecular weight is 271 g/mol. The molecule has 1 heterocycles. The highest BCUT2D eigenvalue weighted by Gasteiger charge is 2.11. The minimum absolute atomic E-state index is 0.0938. The minimum Gasteiger partial charge on any atom is -0.351 e. The standard InChI is InChI=1S/C16H21N3O/c1-12-11-13-7-4-5-8-14(13)15(18-12)16(20)17-9-6-10-19(2)3/h4-5,7-8,11H,6,9-10H2,1-3H3,(H,17,20). The number of nitrogens with zero attached hydrogens (tertiary/aromatic N) is 2. The summed E-state index contributed by atoms with van der Waals surface area (Å²) in [5.74, 6) is -0.0938. The lowest BCUT2D eigenvalue weighted by molar-refractivity contribution is 0.0949. The fourth-order valence-electron chi connectivity index (χ4n) is 2.19. The summed E-state index contributed by atoms with van der Waals surface area (Å²) in [6.45, 7) is 3.54. The Morgan fingerprint density at radius 2 is 2.05 bits per heavy atom. The van der Waals surface area contributed by atoms with E-state index in [0.717, 1.165) is 29.4 Å². The number of aromatic nitrogens is 1. The highest BCUT2D eigenvalue weighted by atomic mass is 16.1. The number of hydrogen-bond donors (Lipinski definition) is 1. The first-order chi connectivity index (χ1) is 9.58. The van der Waals surface area contributed by atoms with Crippen LogP contribution in [0.3, 0.4) is 0 Å². The fraction of sp³-hybridized carbons (Fsp3) is 0.375. The van der Waals surface area contributed by atoms with Crippen LogP contribution >= 0.6 is 0 Å². The van der Waals surface area contributed by atoms with Crippen LogP contribution in [0.5, 0.6) is 0 Å². The molecule has 1 N–H and O–H groups in total. The Labute approximate surface area is 119 Å². The van der Waals surface area contributed by atoms with Crippen LogP contribution in [0.15, 0.2) is 30.3 Å². The number of fused-ring (bicyclic) bond motifs is 1. The summed E-state index contributed by atoms with van der Waals surface area (Å²) in [6.07, 6.45) is 0.933.